The lowest BCUT2D eigenvalue weighted by molar-refractivity contribution is 0.768. The van der Waals surface area contributed by atoms with Gasteiger partial charge in [-0.05, 0) is 35.7 Å². The van der Waals surface area contributed by atoms with E-state index in [0.29, 0.717) is 17.6 Å². The molecule has 0 aliphatic carbocycles. The highest BCUT2D eigenvalue weighted by Crippen LogP contribution is 2.27. The van der Waals surface area contributed by atoms with Crippen LogP contribution in [0.1, 0.15) is 25.3 Å². The van der Waals surface area contributed by atoms with Crippen molar-refractivity contribution in [3.8, 4) is 11.1 Å². The van der Waals surface area contributed by atoms with E-state index in [1.54, 1.807) is 17.1 Å². The van der Waals surface area contributed by atoms with Gasteiger partial charge < -0.3 is 5.32 Å². The van der Waals surface area contributed by atoms with E-state index >= 15 is 0 Å². The Balaban J connectivity index is 1.74. The van der Waals surface area contributed by atoms with Crippen molar-refractivity contribution < 1.29 is 0 Å². The number of aromatic nitrogens is 6. The van der Waals surface area contributed by atoms with E-state index in [9.17, 15) is 0 Å². The van der Waals surface area contributed by atoms with E-state index in [-0.39, 0.29) is 0 Å². The van der Waals surface area contributed by atoms with Crippen molar-refractivity contribution in [1.29, 1.82) is 0 Å². The molecule has 130 valence electrons. The third-order valence-corrected chi connectivity index (χ3v) is 4.20. The van der Waals surface area contributed by atoms with E-state index in [2.05, 4.69) is 39.4 Å². The second-order valence-corrected chi connectivity index (χ2v) is 6.48. The first-order valence-electron chi connectivity index (χ1n) is 8.44. The van der Waals surface area contributed by atoms with E-state index in [0.717, 1.165) is 27.7 Å². The molecule has 1 N–H and O–H groups in total. The monoisotopic (exact) mass is 345 g/mol. The molecule has 0 aliphatic rings. The first-order valence-corrected chi connectivity index (χ1v) is 8.44. The molecule has 4 aromatic rings. The number of anilines is 2. The van der Waals surface area contributed by atoms with Gasteiger partial charge in [0.1, 0.15) is 5.82 Å². The maximum absolute atomic E-state index is 4.75. The van der Waals surface area contributed by atoms with Crippen molar-refractivity contribution in [1.82, 2.24) is 29.9 Å². The van der Waals surface area contributed by atoms with Crippen LogP contribution in [0.15, 0.2) is 49.1 Å². The Morgan fingerprint density at radius 2 is 1.96 bits per heavy atom. The fraction of sp³-hybridized carbons (Fsp3) is 0.211. The van der Waals surface area contributed by atoms with Gasteiger partial charge in [0.2, 0.25) is 0 Å². The van der Waals surface area contributed by atoms with Crippen molar-refractivity contribution in [2.75, 3.05) is 5.32 Å². The SMILES string of the molecule is CC(C)c1cnnc(Nc2ccc3nccc(-c4cnn(C)c4)c3n2)c1. The smallest absolute Gasteiger partial charge is 0.154 e. The third-order valence-electron chi connectivity index (χ3n) is 4.20. The molecule has 0 amide bonds. The molecule has 0 bridgehead atoms. The fourth-order valence-electron chi connectivity index (χ4n) is 2.78. The summed E-state index contributed by atoms with van der Waals surface area (Å²) in [4.78, 5) is 9.17. The number of hydrogen-bond acceptors (Lipinski definition) is 6. The number of rotatable bonds is 4. The Hall–Kier alpha value is -3.35. The minimum atomic E-state index is 0.386. The molecule has 4 aromatic heterocycles. The minimum absolute atomic E-state index is 0.386. The molecule has 4 rings (SSSR count). The van der Waals surface area contributed by atoms with E-state index in [1.165, 1.54) is 0 Å². The Labute approximate surface area is 151 Å². The fourth-order valence-corrected chi connectivity index (χ4v) is 2.78. The van der Waals surface area contributed by atoms with Crippen LogP contribution in [-0.2, 0) is 7.05 Å². The highest BCUT2D eigenvalue weighted by Gasteiger charge is 2.10. The molecule has 0 saturated heterocycles. The van der Waals surface area contributed by atoms with Crippen LogP contribution in [0, 0.1) is 0 Å². The molecule has 0 aliphatic heterocycles. The molecular formula is C19H19N7. The predicted octanol–water partition coefficient (Wildman–Crippen LogP) is 3.69. The highest BCUT2D eigenvalue weighted by molar-refractivity contribution is 5.91. The Bertz CT molecular complexity index is 1070. The van der Waals surface area contributed by atoms with Gasteiger partial charge in [-0.15, -0.1) is 5.10 Å². The van der Waals surface area contributed by atoms with Crippen LogP contribution in [0.5, 0.6) is 0 Å². The van der Waals surface area contributed by atoms with Gasteiger partial charge in [0.15, 0.2) is 5.82 Å². The molecule has 0 aromatic carbocycles. The summed E-state index contributed by atoms with van der Waals surface area (Å²) in [6, 6.07) is 7.79. The van der Waals surface area contributed by atoms with Gasteiger partial charge in [-0.2, -0.15) is 10.2 Å². The number of aryl methyl sites for hydroxylation is 1. The maximum Gasteiger partial charge on any atom is 0.154 e. The summed E-state index contributed by atoms with van der Waals surface area (Å²) in [6.07, 6.45) is 7.37. The quantitative estimate of drug-likeness (QED) is 0.607. The van der Waals surface area contributed by atoms with Crippen LogP contribution in [0.4, 0.5) is 11.6 Å². The van der Waals surface area contributed by atoms with Crippen molar-refractivity contribution in [2.24, 2.45) is 7.05 Å². The summed E-state index contributed by atoms with van der Waals surface area (Å²) in [5.74, 6) is 1.76. The van der Waals surface area contributed by atoms with Crippen molar-refractivity contribution >= 4 is 22.7 Å². The van der Waals surface area contributed by atoms with Crippen molar-refractivity contribution in [2.45, 2.75) is 19.8 Å². The topological polar surface area (TPSA) is 81.4 Å². The van der Waals surface area contributed by atoms with Gasteiger partial charge in [0, 0.05) is 30.6 Å². The predicted molar refractivity (Wildman–Crippen MR) is 101 cm³/mol. The van der Waals surface area contributed by atoms with Gasteiger partial charge >= 0.3 is 0 Å². The number of fused-ring (bicyclic) bond motifs is 1. The van der Waals surface area contributed by atoms with E-state index in [1.807, 2.05) is 43.7 Å². The molecule has 7 heteroatoms. The third kappa shape index (κ3) is 3.11. The summed E-state index contributed by atoms with van der Waals surface area (Å²) in [7, 11) is 1.90. The van der Waals surface area contributed by atoms with Crippen LogP contribution in [0.2, 0.25) is 0 Å². The zero-order valence-electron chi connectivity index (χ0n) is 14.9. The number of pyridine rings is 2. The van der Waals surface area contributed by atoms with Crippen molar-refractivity contribution in [3.05, 3.63) is 54.6 Å². The van der Waals surface area contributed by atoms with Crippen LogP contribution < -0.4 is 5.32 Å². The van der Waals surface area contributed by atoms with Gasteiger partial charge in [-0.1, -0.05) is 13.8 Å². The van der Waals surface area contributed by atoms with Gasteiger partial charge in [-0.3, -0.25) is 9.67 Å². The molecule has 0 saturated carbocycles. The normalized spacial score (nSPS) is 11.2. The Morgan fingerprint density at radius 1 is 1.08 bits per heavy atom. The molecule has 26 heavy (non-hydrogen) atoms. The first kappa shape index (κ1) is 16.1. The average molecular weight is 345 g/mol. The second-order valence-electron chi connectivity index (χ2n) is 6.48. The summed E-state index contributed by atoms with van der Waals surface area (Å²) < 4.78 is 1.77. The lowest BCUT2D eigenvalue weighted by Gasteiger charge is -2.09. The summed E-state index contributed by atoms with van der Waals surface area (Å²) in [5, 5.41) is 15.7. The lowest BCUT2D eigenvalue weighted by Crippen LogP contribution is -2.00. The molecule has 0 atom stereocenters. The van der Waals surface area contributed by atoms with Crippen LogP contribution in [-0.4, -0.2) is 29.9 Å². The number of nitrogens with zero attached hydrogens (tertiary/aromatic N) is 6. The zero-order chi connectivity index (χ0) is 18.1. The zero-order valence-corrected chi connectivity index (χ0v) is 14.9. The minimum Gasteiger partial charge on any atom is -0.323 e. The van der Waals surface area contributed by atoms with Gasteiger partial charge in [0.05, 0.1) is 23.4 Å². The van der Waals surface area contributed by atoms with Crippen molar-refractivity contribution in [3.63, 3.8) is 0 Å². The molecule has 0 fully saturated rings. The Morgan fingerprint density at radius 3 is 2.73 bits per heavy atom. The van der Waals surface area contributed by atoms with Crippen LogP contribution in [0.25, 0.3) is 22.2 Å². The molecule has 0 unspecified atom stereocenters. The van der Waals surface area contributed by atoms with E-state index in [4.69, 9.17) is 4.98 Å². The van der Waals surface area contributed by atoms with Crippen LogP contribution >= 0.6 is 0 Å². The lowest BCUT2D eigenvalue weighted by atomic mass is 10.1. The maximum atomic E-state index is 4.75. The van der Waals surface area contributed by atoms with Gasteiger partial charge in [-0.25, -0.2) is 4.98 Å². The number of nitrogens with one attached hydrogen (secondary N) is 1. The molecule has 0 radical (unpaired) electrons. The summed E-state index contributed by atoms with van der Waals surface area (Å²) >= 11 is 0. The average Bonchev–Trinajstić information content (AvgIpc) is 3.07. The molecule has 7 nitrogen and oxygen atoms in total. The number of hydrogen-bond donors (Lipinski definition) is 1. The molecular weight excluding hydrogens is 326 g/mol. The van der Waals surface area contributed by atoms with Gasteiger partial charge in [0.25, 0.3) is 0 Å². The van der Waals surface area contributed by atoms with Crippen LogP contribution in [0.3, 0.4) is 0 Å². The highest BCUT2D eigenvalue weighted by atomic mass is 15.2. The summed E-state index contributed by atoms with van der Waals surface area (Å²) in [6.45, 7) is 4.25. The Kier molecular flexibility index (Phi) is 4.04. The van der Waals surface area contributed by atoms with E-state index < -0.39 is 0 Å². The first-order chi connectivity index (χ1) is 12.6. The molecule has 0 spiro atoms. The summed E-state index contributed by atoms with van der Waals surface area (Å²) in [5.41, 5.74) is 4.78. The molecule has 4 heterocycles. The standard InChI is InChI=1S/C19H19N7/c1-12(2)13-8-18(25-21-9-13)23-17-5-4-16-19(24-17)15(6-7-20-16)14-10-22-26(3)11-14/h4-12H,1-3H3,(H,23,24,25). The second kappa shape index (κ2) is 6.51. The largest absolute Gasteiger partial charge is 0.323 e.